The van der Waals surface area contributed by atoms with Gasteiger partial charge in [-0.05, 0) is 48.9 Å². The molecule has 0 saturated heterocycles. The van der Waals surface area contributed by atoms with E-state index in [1.807, 2.05) is 24.3 Å². The van der Waals surface area contributed by atoms with Crippen LogP contribution in [0.4, 0.5) is 0 Å². The SMILES string of the molecule is COc1ccc(C2(CNC(=O)C3(c4ccccc4)CCCC3)CCCC2)cc1OC. The highest BCUT2D eigenvalue weighted by atomic mass is 16.5. The summed E-state index contributed by atoms with van der Waals surface area (Å²) >= 11 is 0. The monoisotopic (exact) mass is 407 g/mol. The third kappa shape index (κ3) is 3.68. The van der Waals surface area contributed by atoms with Crippen LogP contribution in [-0.4, -0.2) is 26.7 Å². The van der Waals surface area contributed by atoms with E-state index in [2.05, 4.69) is 29.6 Å². The van der Waals surface area contributed by atoms with Gasteiger partial charge in [-0.15, -0.1) is 0 Å². The van der Waals surface area contributed by atoms with E-state index in [0.29, 0.717) is 6.54 Å². The number of methoxy groups -OCH3 is 2. The zero-order valence-corrected chi connectivity index (χ0v) is 18.2. The normalized spacial score (nSPS) is 19.4. The molecule has 4 nitrogen and oxygen atoms in total. The van der Waals surface area contributed by atoms with E-state index in [4.69, 9.17) is 9.47 Å². The number of benzene rings is 2. The van der Waals surface area contributed by atoms with Gasteiger partial charge in [0.2, 0.25) is 5.91 Å². The molecule has 4 heteroatoms. The molecule has 2 aromatic carbocycles. The first-order valence-electron chi connectivity index (χ1n) is 11.2. The fourth-order valence-electron chi connectivity index (χ4n) is 5.59. The van der Waals surface area contributed by atoms with Crippen LogP contribution in [-0.2, 0) is 15.6 Å². The highest BCUT2D eigenvalue weighted by Crippen LogP contribution is 2.45. The van der Waals surface area contributed by atoms with Crippen molar-refractivity contribution in [3.63, 3.8) is 0 Å². The first kappa shape index (κ1) is 20.8. The van der Waals surface area contributed by atoms with E-state index < -0.39 is 0 Å². The third-order valence-electron chi connectivity index (χ3n) is 7.36. The van der Waals surface area contributed by atoms with Gasteiger partial charge < -0.3 is 14.8 Å². The van der Waals surface area contributed by atoms with Crippen molar-refractivity contribution in [2.45, 2.75) is 62.2 Å². The van der Waals surface area contributed by atoms with Crippen molar-refractivity contribution in [3.05, 3.63) is 59.7 Å². The Morgan fingerprint density at radius 3 is 2.10 bits per heavy atom. The van der Waals surface area contributed by atoms with Crippen LogP contribution in [0.2, 0.25) is 0 Å². The Bertz CT molecular complexity index is 865. The summed E-state index contributed by atoms with van der Waals surface area (Å²) in [6.07, 6.45) is 8.65. The summed E-state index contributed by atoms with van der Waals surface area (Å²) in [6.45, 7) is 0.676. The highest BCUT2D eigenvalue weighted by Gasteiger charge is 2.44. The molecule has 0 unspecified atom stereocenters. The molecule has 30 heavy (non-hydrogen) atoms. The Balaban J connectivity index is 1.58. The molecule has 0 bridgehead atoms. The summed E-state index contributed by atoms with van der Waals surface area (Å²) in [6, 6.07) is 16.6. The van der Waals surface area contributed by atoms with E-state index >= 15 is 0 Å². The van der Waals surface area contributed by atoms with Crippen LogP contribution in [0.25, 0.3) is 0 Å². The molecular formula is C26H33NO3. The minimum atomic E-state index is -0.376. The molecule has 2 saturated carbocycles. The van der Waals surface area contributed by atoms with E-state index in [9.17, 15) is 4.79 Å². The summed E-state index contributed by atoms with van der Waals surface area (Å²) in [5, 5.41) is 3.40. The summed E-state index contributed by atoms with van der Waals surface area (Å²) < 4.78 is 11.0. The van der Waals surface area contributed by atoms with Crippen molar-refractivity contribution in [1.29, 1.82) is 0 Å². The summed E-state index contributed by atoms with van der Waals surface area (Å²) in [7, 11) is 3.34. The minimum Gasteiger partial charge on any atom is -0.493 e. The minimum absolute atomic E-state index is 0.0360. The molecule has 0 radical (unpaired) electrons. The lowest BCUT2D eigenvalue weighted by atomic mass is 9.76. The number of carbonyl (C=O) groups excluding carboxylic acids is 1. The Morgan fingerprint density at radius 1 is 0.833 bits per heavy atom. The molecule has 160 valence electrons. The maximum Gasteiger partial charge on any atom is 0.230 e. The van der Waals surface area contributed by atoms with Crippen LogP contribution in [0.1, 0.15) is 62.5 Å². The molecule has 2 aromatic rings. The maximum atomic E-state index is 13.6. The second-order valence-corrected chi connectivity index (χ2v) is 8.90. The van der Waals surface area contributed by atoms with Gasteiger partial charge in [-0.3, -0.25) is 4.79 Å². The van der Waals surface area contributed by atoms with Crippen molar-refractivity contribution in [1.82, 2.24) is 5.32 Å². The van der Waals surface area contributed by atoms with Crippen LogP contribution in [0.5, 0.6) is 11.5 Å². The molecule has 0 aromatic heterocycles. The molecule has 2 fully saturated rings. The molecule has 0 spiro atoms. The van der Waals surface area contributed by atoms with E-state index in [0.717, 1.165) is 55.6 Å². The maximum absolute atomic E-state index is 13.6. The lowest BCUT2D eigenvalue weighted by Crippen LogP contribution is -2.47. The number of carbonyl (C=O) groups is 1. The first-order chi connectivity index (χ1) is 14.6. The number of nitrogens with one attached hydrogen (secondary N) is 1. The predicted octanol–water partition coefficient (Wildman–Crippen LogP) is 5.14. The topological polar surface area (TPSA) is 47.6 Å². The van der Waals surface area contributed by atoms with Gasteiger partial charge >= 0.3 is 0 Å². The van der Waals surface area contributed by atoms with Gasteiger partial charge in [0.05, 0.1) is 19.6 Å². The number of ether oxygens (including phenoxy) is 2. The smallest absolute Gasteiger partial charge is 0.230 e. The average molecular weight is 408 g/mol. The summed E-state index contributed by atoms with van der Waals surface area (Å²) in [5.41, 5.74) is 1.98. The molecule has 4 rings (SSSR count). The van der Waals surface area contributed by atoms with Crippen LogP contribution >= 0.6 is 0 Å². The van der Waals surface area contributed by atoms with E-state index in [1.54, 1.807) is 14.2 Å². The third-order valence-corrected chi connectivity index (χ3v) is 7.36. The molecule has 2 aliphatic carbocycles. The second kappa shape index (κ2) is 8.71. The zero-order valence-electron chi connectivity index (χ0n) is 18.2. The quantitative estimate of drug-likeness (QED) is 0.691. The van der Waals surface area contributed by atoms with E-state index in [-0.39, 0.29) is 16.7 Å². The number of amides is 1. The van der Waals surface area contributed by atoms with Crippen molar-refractivity contribution >= 4 is 5.91 Å². The van der Waals surface area contributed by atoms with Crippen molar-refractivity contribution in [2.75, 3.05) is 20.8 Å². The Kier molecular flexibility index (Phi) is 6.03. The summed E-state index contributed by atoms with van der Waals surface area (Å²) in [4.78, 5) is 13.6. The lowest BCUT2D eigenvalue weighted by molar-refractivity contribution is -0.127. The fraction of sp³-hybridized carbons (Fsp3) is 0.500. The molecule has 0 aliphatic heterocycles. The predicted molar refractivity (Wildman–Crippen MR) is 119 cm³/mol. The average Bonchev–Trinajstić information content (AvgIpc) is 3.49. The Morgan fingerprint density at radius 2 is 1.47 bits per heavy atom. The van der Waals surface area contributed by atoms with Crippen molar-refractivity contribution < 1.29 is 14.3 Å². The Labute approximate surface area is 180 Å². The lowest BCUT2D eigenvalue weighted by Gasteiger charge is -2.34. The van der Waals surface area contributed by atoms with Crippen LogP contribution in [0.3, 0.4) is 0 Å². The van der Waals surface area contributed by atoms with Gasteiger partial charge in [0.1, 0.15) is 0 Å². The van der Waals surface area contributed by atoms with Crippen LogP contribution < -0.4 is 14.8 Å². The van der Waals surface area contributed by atoms with Gasteiger partial charge in [-0.25, -0.2) is 0 Å². The van der Waals surface area contributed by atoms with Crippen molar-refractivity contribution in [2.24, 2.45) is 0 Å². The number of hydrogen-bond donors (Lipinski definition) is 1. The Hall–Kier alpha value is -2.49. The molecule has 1 N–H and O–H groups in total. The molecule has 0 atom stereocenters. The van der Waals surface area contributed by atoms with Gasteiger partial charge in [0.25, 0.3) is 0 Å². The van der Waals surface area contributed by atoms with Crippen LogP contribution in [0, 0.1) is 0 Å². The molecule has 1 amide bonds. The summed E-state index contributed by atoms with van der Waals surface area (Å²) in [5.74, 6) is 1.69. The second-order valence-electron chi connectivity index (χ2n) is 8.90. The van der Waals surface area contributed by atoms with Gasteiger partial charge in [-0.1, -0.05) is 62.1 Å². The molecule has 0 heterocycles. The number of rotatable bonds is 7. The largest absolute Gasteiger partial charge is 0.493 e. The number of hydrogen-bond acceptors (Lipinski definition) is 3. The van der Waals surface area contributed by atoms with Crippen LogP contribution in [0.15, 0.2) is 48.5 Å². The fourth-order valence-corrected chi connectivity index (χ4v) is 5.59. The van der Waals surface area contributed by atoms with Crippen molar-refractivity contribution in [3.8, 4) is 11.5 Å². The van der Waals surface area contributed by atoms with Gasteiger partial charge in [0.15, 0.2) is 11.5 Å². The van der Waals surface area contributed by atoms with E-state index in [1.165, 1.54) is 18.4 Å². The van der Waals surface area contributed by atoms with Gasteiger partial charge in [-0.2, -0.15) is 0 Å². The molecular weight excluding hydrogens is 374 g/mol. The highest BCUT2D eigenvalue weighted by molar-refractivity contribution is 5.88. The molecule has 2 aliphatic rings. The zero-order chi connectivity index (χ0) is 21.0. The first-order valence-corrected chi connectivity index (χ1v) is 11.2. The standard InChI is InChI=1S/C26H33NO3/c1-29-22-13-12-21(18-23(22)30-2)25(14-6-7-15-25)19-27-24(28)26(16-8-9-17-26)20-10-4-3-5-11-20/h3-5,10-13,18H,6-9,14-17,19H2,1-2H3,(H,27,28). The van der Waals surface area contributed by atoms with Gasteiger partial charge in [0, 0.05) is 12.0 Å².